The second-order valence-corrected chi connectivity index (χ2v) is 13.6. The van der Waals surface area contributed by atoms with Gasteiger partial charge in [0.15, 0.2) is 0 Å². The van der Waals surface area contributed by atoms with E-state index in [1.54, 1.807) is 19.1 Å². The molecule has 236 valence electrons. The van der Waals surface area contributed by atoms with Gasteiger partial charge in [0.25, 0.3) is 20.0 Å². The molecule has 2 N–H and O–H groups in total. The van der Waals surface area contributed by atoms with Crippen LogP contribution in [0.3, 0.4) is 0 Å². The summed E-state index contributed by atoms with van der Waals surface area (Å²) < 4.78 is 82.4. The van der Waals surface area contributed by atoms with E-state index in [1.165, 1.54) is 72.8 Å². The third kappa shape index (κ3) is 8.42. The molecule has 4 aromatic rings. The van der Waals surface area contributed by atoms with Crippen LogP contribution in [0.25, 0.3) is 0 Å². The van der Waals surface area contributed by atoms with Crippen molar-refractivity contribution in [1.82, 2.24) is 10.6 Å². The van der Waals surface area contributed by atoms with Gasteiger partial charge in [-0.25, -0.2) is 25.6 Å². The first-order valence-corrected chi connectivity index (χ1v) is 16.5. The summed E-state index contributed by atoms with van der Waals surface area (Å²) >= 11 is 0. The Kier molecular flexibility index (Phi) is 10.5. The van der Waals surface area contributed by atoms with Gasteiger partial charge in [-0.05, 0) is 79.7 Å². The molecule has 2 amide bonds. The molecular formula is C31H30F2N4O6S2. The molecule has 0 saturated heterocycles. The van der Waals surface area contributed by atoms with E-state index in [0.29, 0.717) is 0 Å². The molecule has 0 aliphatic heterocycles. The van der Waals surface area contributed by atoms with E-state index in [4.69, 9.17) is 0 Å². The number of carbonyl (C=O) groups excluding carboxylic acids is 2. The highest BCUT2D eigenvalue weighted by molar-refractivity contribution is 7.93. The van der Waals surface area contributed by atoms with Crippen molar-refractivity contribution in [2.45, 2.75) is 22.8 Å². The number of sulfonamides is 2. The normalized spacial score (nSPS) is 12.2. The molecular weight excluding hydrogens is 626 g/mol. The van der Waals surface area contributed by atoms with Crippen LogP contribution in [-0.4, -0.2) is 54.3 Å². The van der Waals surface area contributed by atoms with Gasteiger partial charge in [0, 0.05) is 12.6 Å². The summed E-state index contributed by atoms with van der Waals surface area (Å²) in [6.45, 7) is 0.145. The first kappa shape index (κ1) is 33.1. The maximum atomic E-state index is 13.6. The molecule has 45 heavy (non-hydrogen) atoms. The predicted molar refractivity (Wildman–Crippen MR) is 165 cm³/mol. The molecule has 10 nitrogen and oxygen atoms in total. The van der Waals surface area contributed by atoms with E-state index in [9.17, 15) is 35.2 Å². The van der Waals surface area contributed by atoms with Crippen LogP contribution in [0.2, 0.25) is 0 Å². The second kappa shape index (κ2) is 14.3. The third-order valence-electron chi connectivity index (χ3n) is 6.48. The van der Waals surface area contributed by atoms with Crippen molar-refractivity contribution < 1.29 is 35.2 Å². The van der Waals surface area contributed by atoms with Crippen LogP contribution >= 0.6 is 0 Å². The van der Waals surface area contributed by atoms with Crippen molar-refractivity contribution in [2.75, 3.05) is 28.2 Å². The van der Waals surface area contributed by atoms with Gasteiger partial charge >= 0.3 is 0 Å². The molecule has 4 aromatic carbocycles. The number of rotatable bonds is 13. The van der Waals surface area contributed by atoms with E-state index in [0.717, 1.165) is 32.9 Å². The monoisotopic (exact) mass is 656 g/mol. The molecule has 0 radical (unpaired) electrons. The molecule has 0 spiro atoms. The highest BCUT2D eigenvalue weighted by Crippen LogP contribution is 2.25. The van der Waals surface area contributed by atoms with Gasteiger partial charge in [0.05, 0.1) is 21.2 Å². The Morgan fingerprint density at radius 1 is 0.622 bits per heavy atom. The molecule has 0 aliphatic carbocycles. The Bertz CT molecular complexity index is 1830. The summed E-state index contributed by atoms with van der Waals surface area (Å²) in [6, 6.07) is 23.4. The van der Waals surface area contributed by atoms with Gasteiger partial charge in [-0.15, -0.1) is 0 Å². The number of amides is 2. The summed E-state index contributed by atoms with van der Waals surface area (Å²) in [5.74, 6) is -2.58. The fourth-order valence-electron chi connectivity index (χ4n) is 4.24. The number of halogens is 2. The quantitative estimate of drug-likeness (QED) is 0.226. The minimum atomic E-state index is -4.21. The molecule has 0 aliphatic rings. The highest BCUT2D eigenvalue weighted by atomic mass is 32.2. The summed E-state index contributed by atoms with van der Waals surface area (Å²) in [6.07, 6.45) is 0. The van der Waals surface area contributed by atoms with Gasteiger partial charge in [-0.1, -0.05) is 36.4 Å². The fraction of sp³-hybridized carbons (Fsp3) is 0.161. The number of nitrogens with one attached hydrogen (secondary N) is 2. The van der Waals surface area contributed by atoms with Crippen LogP contribution < -0.4 is 19.2 Å². The van der Waals surface area contributed by atoms with E-state index in [1.807, 2.05) is 0 Å². The predicted octanol–water partition coefficient (Wildman–Crippen LogP) is 3.68. The molecule has 0 fully saturated rings. The van der Waals surface area contributed by atoms with E-state index in [-0.39, 0.29) is 27.7 Å². The zero-order chi connectivity index (χ0) is 32.6. The SMILES string of the molecule is CC(CNC(=O)CN(c1ccc(F)cc1)S(=O)(=O)c1ccccc1)NC(=O)CN(c1ccc(F)cc1)S(=O)(=O)c1ccccc1. The molecule has 0 heterocycles. The molecule has 1 atom stereocenters. The first-order valence-electron chi connectivity index (χ1n) is 13.6. The van der Waals surface area contributed by atoms with Gasteiger partial charge in [0.1, 0.15) is 24.7 Å². The zero-order valence-electron chi connectivity index (χ0n) is 24.0. The van der Waals surface area contributed by atoms with Crippen LogP contribution in [0.5, 0.6) is 0 Å². The van der Waals surface area contributed by atoms with Crippen molar-refractivity contribution in [3.8, 4) is 0 Å². The van der Waals surface area contributed by atoms with Gasteiger partial charge in [-0.2, -0.15) is 0 Å². The maximum Gasteiger partial charge on any atom is 0.264 e. The molecule has 14 heteroatoms. The van der Waals surface area contributed by atoms with Gasteiger partial charge < -0.3 is 10.6 Å². The van der Waals surface area contributed by atoms with Crippen molar-refractivity contribution in [3.63, 3.8) is 0 Å². The van der Waals surface area contributed by atoms with E-state index < -0.39 is 62.6 Å². The molecule has 0 aromatic heterocycles. The Labute approximate surface area is 260 Å². The first-order chi connectivity index (χ1) is 21.4. The fourth-order valence-corrected chi connectivity index (χ4v) is 7.12. The van der Waals surface area contributed by atoms with Gasteiger partial charge in [-0.3, -0.25) is 18.2 Å². The third-order valence-corrected chi connectivity index (χ3v) is 10.1. The number of hydrogen-bond donors (Lipinski definition) is 2. The number of carbonyl (C=O) groups is 2. The lowest BCUT2D eigenvalue weighted by atomic mass is 10.3. The Balaban J connectivity index is 1.43. The van der Waals surface area contributed by atoms with Crippen molar-refractivity contribution in [3.05, 3.63) is 121 Å². The Morgan fingerprint density at radius 3 is 1.40 bits per heavy atom. The summed E-state index contributed by atoms with van der Waals surface area (Å²) in [5, 5.41) is 5.17. The smallest absolute Gasteiger partial charge is 0.264 e. The number of benzene rings is 4. The Hall–Kier alpha value is -4.82. The molecule has 4 rings (SSSR count). The van der Waals surface area contributed by atoms with Crippen molar-refractivity contribution in [1.29, 1.82) is 0 Å². The number of hydrogen-bond acceptors (Lipinski definition) is 6. The topological polar surface area (TPSA) is 133 Å². The van der Waals surface area contributed by atoms with Crippen molar-refractivity contribution >= 4 is 43.2 Å². The average molecular weight is 657 g/mol. The number of nitrogens with zero attached hydrogens (tertiary/aromatic N) is 2. The van der Waals surface area contributed by atoms with Crippen LogP contribution in [0.4, 0.5) is 20.2 Å². The van der Waals surface area contributed by atoms with Crippen LogP contribution in [0.15, 0.2) is 119 Å². The number of anilines is 2. The summed E-state index contributed by atoms with van der Waals surface area (Å²) in [4.78, 5) is 25.8. The minimum absolute atomic E-state index is 0.0665. The van der Waals surface area contributed by atoms with Crippen LogP contribution in [-0.2, 0) is 29.6 Å². The zero-order valence-corrected chi connectivity index (χ0v) is 25.6. The maximum absolute atomic E-state index is 13.6. The van der Waals surface area contributed by atoms with Crippen LogP contribution in [0, 0.1) is 11.6 Å². The standard InChI is InChI=1S/C31H30F2N4O6S2/c1-23(35-31(39)22-37(27-18-14-25(33)15-19-27)45(42,43)29-10-6-3-7-11-29)20-34-30(38)21-36(26-16-12-24(32)13-17-26)44(40,41)28-8-4-2-5-9-28/h2-19,23H,20-22H2,1H3,(H,34,38)(H,35,39). The largest absolute Gasteiger partial charge is 0.352 e. The summed E-state index contributed by atoms with van der Waals surface area (Å²) in [7, 11) is -8.41. The average Bonchev–Trinajstić information content (AvgIpc) is 3.03. The van der Waals surface area contributed by atoms with E-state index >= 15 is 0 Å². The molecule has 0 saturated carbocycles. The van der Waals surface area contributed by atoms with Crippen molar-refractivity contribution in [2.24, 2.45) is 0 Å². The lowest BCUT2D eigenvalue weighted by Gasteiger charge is -2.26. The summed E-state index contributed by atoms with van der Waals surface area (Å²) in [5.41, 5.74) is 0.133. The second-order valence-electron chi connectivity index (χ2n) is 9.87. The molecule has 1 unspecified atom stereocenters. The van der Waals surface area contributed by atoms with Gasteiger partial charge in [0.2, 0.25) is 11.8 Å². The Morgan fingerprint density at radius 2 is 1.00 bits per heavy atom. The highest BCUT2D eigenvalue weighted by Gasteiger charge is 2.29. The lowest BCUT2D eigenvalue weighted by Crippen LogP contribution is -2.48. The minimum Gasteiger partial charge on any atom is -0.352 e. The van der Waals surface area contributed by atoms with Crippen LogP contribution in [0.1, 0.15) is 6.92 Å². The lowest BCUT2D eigenvalue weighted by molar-refractivity contribution is -0.122. The molecule has 0 bridgehead atoms. The van der Waals surface area contributed by atoms with E-state index in [2.05, 4.69) is 10.6 Å².